The Labute approximate surface area is 296 Å². The third-order valence-electron chi connectivity index (χ3n) is 9.11. The van der Waals surface area contributed by atoms with Gasteiger partial charge in [-0.3, -0.25) is 24.8 Å². The fourth-order valence-electron chi connectivity index (χ4n) is 6.32. The van der Waals surface area contributed by atoms with Crippen molar-refractivity contribution in [3.05, 3.63) is 63.8 Å². The van der Waals surface area contributed by atoms with E-state index in [4.69, 9.17) is 23.7 Å². The zero-order valence-electron chi connectivity index (χ0n) is 30.1. The second-order valence-electron chi connectivity index (χ2n) is 12.2. The molecule has 1 aliphatic rings. The van der Waals surface area contributed by atoms with Crippen LogP contribution < -0.4 is 45.1 Å². The Hall–Kier alpha value is -5.79. The first-order valence-corrected chi connectivity index (χ1v) is 16.6. The van der Waals surface area contributed by atoms with E-state index >= 15 is 0 Å². The maximum absolute atomic E-state index is 14.0. The van der Waals surface area contributed by atoms with Gasteiger partial charge in [-0.25, -0.2) is 0 Å². The lowest BCUT2D eigenvalue weighted by Gasteiger charge is -2.23. The predicted octanol–water partition coefficient (Wildman–Crippen LogP) is 5.13. The van der Waals surface area contributed by atoms with E-state index in [0.29, 0.717) is 70.5 Å². The van der Waals surface area contributed by atoms with Gasteiger partial charge < -0.3 is 34.3 Å². The molecule has 2 amide bonds. The second kappa shape index (κ2) is 15.8. The quantitative estimate of drug-likeness (QED) is 0.146. The van der Waals surface area contributed by atoms with Gasteiger partial charge in [-0.2, -0.15) is 4.98 Å². The molecule has 0 fully saturated rings. The Kier molecular flexibility index (Phi) is 11.3. The van der Waals surface area contributed by atoms with Crippen LogP contribution in [0.3, 0.4) is 0 Å². The second-order valence-corrected chi connectivity index (χ2v) is 12.2. The summed E-state index contributed by atoms with van der Waals surface area (Å²) < 4.78 is 28.0. The molecule has 0 aliphatic heterocycles. The van der Waals surface area contributed by atoms with E-state index in [9.17, 15) is 14.4 Å². The summed E-state index contributed by atoms with van der Waals surface area (Å²) >= 11 is 0. The normalized spacial score (nSPS) is 14.5. The number of fused-ring (bicyclic) bond motifs is 3. The number of aromatic amines is 1. The van der Waals surface area contributed by atoms with Crippen molar-refractivity contribution in [2.45, 2.75) is 52.1 Å². The van der Waals surface area contributed by atoms with Crippen LogP contribution in [0.1, 0.15) is 50.8 Å². The first kappa shape index (κ1) is 36.5. The summed E-state index contributed by atoms with van der Waals surface area (Å²) in [6.07, 6.45) is 1.72. The number of ether oxygens (including phenoxy) is 5. The van der Waals surface area contributed by atoms with Gasteiger partial charge in [0.25, 0.3) is 0 Å². The number of hydrogen-bond donors (Lipinski definition) is 4. The number of nitrogens with zero attached hydrogens (tertiary/aromatic N) is 2. The van der Waals surface area contributed by atoms with Gasteiger partial charge in [0.1, 0.15) is 17.5 Å². The van der Waals surface area contributed by atoms with Crippen molar-refractivity contribution in [3.63, 3.8) is 0 Å². The highest BCUT2D eigenvalue weighted by molar-refractivity contribution is 5.95. The molecule has 1 aromatic heterocycles. The van der Waals surface area contributed by atoms with Gasteiger partial charge >= 0.3 is 0 Å². The van der Waals surface area contributed by atoms with E-state index in [2.05, 4.69) is 31.1 Å². The Morgan fingerprint density at radius 2 is 1.65 bits per heavy atom. The molecule has 0 unspecified atom stereocenters. The van der Waals surface area contributed by atoms with Gasteiger partial charge in [-0.05, 0) is 65.8 Å². The van der Waals surface area contributed by atoms with Crippen LogP contribution in [0.2, 0.25) is 0 Å². The van der Waals surface area contributed by atoms with Crippen LogP contribution in [0.4, 0.5) is 11.6 Å². The number of aromatic nitrogens is 3. The van der Waals surface area contributed by atoms with E-state index in [-0.39, 0.29) is 28.9 Å². The third-order valence-corrected chi connectivity index (χ3v) is 9.11. The molecule has 270 valence electrons. The first-order valence-electron chi connectivity index (χ1n) is 16.6. The molecule has 14 nitrogen and oxygen atoms in total. The summed E-state index contributed by atoms with van der Waals surface area (Å²) in [5.74, 6) is 2.07. The van der Waals surface area contributed by atoms with Crippen LogP contribution in [0, 0.1) is 5.92 Å². The maximum Gasteiger partial charge on any atom is 0.249 e. The molecule has 4 aromatic rings. The summed E-state index contributed by atoms with van der Waals surface area (Å²) in [4.78, 5) is 44.6. The van der Waals surface area contributed by atoms with Crippen LogP contribution >= 0.6 is 0 Å². The summed E-state index contributed by atoms with van der Waals surface area (Å²) in [6.45, 7) is 5.32. The van der Waals surface area contributed by atoms with Gasteiger partial charge in [0.2, 0.25) is 28.9 Å². The molecule has 1 aliphatic carbocycles. The van der Waals surface area contributed by atoms with Crippen molar-refractivity contribution in [3.8, 4) is 51.3 Å². The smallest absolute Gasteiger partial charge is 0.249 e. The first-order chi connectivity index (χ1) is 24.6. The van der Waals surface area contributed by atoms with E-state index in [1.165, 1.54) is 27.2 Å². The molecule has 5 rings (SSSR count). The number of aryl methyl sites for hydroxylation is 1. The molecule has 51 heavy (non-hydrogen) atoms. The molecular formula is C37H44N6O8. The van der Waals surface area contributed by atoms with Crippen LogP contribution in [-0.4, -0.2) is 68.6 Å². The topological polar surface area (TPSA) is 175 Å². The number of nitrogens with one attached hydrogen (secondary N) is 4. The summed E-state index contributed by atoms with van der Waals surface area (Å²) in [5, 5.41) is 16.1. The average Bonchev–Trinajstić information content (AvgIpc) is 3.47. The zero-order chi connectivity index (χ0) is 36.8. The number of methoxy groups -OCH3 is 5. The molecule has 0 radical (unpaired) electrons. The molecule has 0 spiro atoms. The van der Waals surface area contributed by atoms with Crippen LogP contribution in [-0.2, 0) is 16.0 Å². The molecule has 3 aromatic carbocycles. The Balaban J connectivity index is 1.53. The molecule has 0 bridgehead atoms. The van der Waals surface area contributed by atoms with Crippen molar-refractivity contribution in [2.24, 2.45) is 5.92 Å². The number of hydrogen-bond acceptors (Lipinski definition) is 11. The number of amides is 2. The summed E-state index contributed by atoms with van der Waals surface area (Å²) in [5.41, 5.74) is 3.39. The number of carbonyl (C=O) groups excluding carboxylic acids is 2. The lowest BCUT2D eigenvalue weighted by molar-refractivity contribution is -0.120. The Bertz CT molecular complexity index is 1980. The van der Waals surface area contributed by atoms with Crippen molar-refractivity contribution >= 4 is 23.5 Å². The fourth-order valence-corrected chi connectivity index (χ4v) is 6.32. The number of benzene rings is 2. The average molecular weight is 701 g/mol. The van der Waals surface area contributed by atoms with Crippen LogP contribution in [0.25, 0.3) is 22.5 Å². The maximum atomic E-state index is 14.0. The van der Waals surface area contributed by atoms with Crippen molar-refractivity contribution in [1.82, 2.24) is 20.5 Å². The molecule has 0 saturated heterocycles. The predicted molar refractivity (Wildman–Crippen MR) is 193 cm³/mol. The summed E-state index contributed by atoms with van der Waals surface area (Å²) in [6, 6.07) is 10.8. The molecule has 1 heterocycles. The molecule has 14 heteroatoms. The lowest BCUT2D eigenvalue weighted by atomic mass is 9.95. The zero-order valence-corrected chi connectivity index (χ0v) is 30.1. The van der Waals surface area contributed by atoms with E-state index in [1.54, 1.807) is 45.6 Å². The van der Waals surface area contributed by atoms with E-state index in [0.717, 1.165) is 11.1 Å². The molecule has 3 atom stereocenters. The minimum atomic E-state index is -0.834. The van der Waals surface area contributed by atoms with Gasteiger partial charge in [0, 0.05) is 18.6 Å². The minimum absolute atomic E-state index is 0.0573. The van der Waals surface area contributed by atoms with Crippen LogP contribution in [0.5, 0.6) is 28.7 Å². The Morgan fingerprint density at radius 3 is 2.29 bits per heavy atom. The monoisotopic (exact) mass is 700 g/mol. The minimum Gasteiger partial charge on any atom is -0.497 e. The standard InChI is InChI=1S/C37H44N6O8/c1-9-19(2)32(36(46)41-37-40-35(42-43-37)24-12-11-22(47-4)17-29(24)48-5)39-27-15-13-23-25(18-28(27)45)26(38-20(3)44)14-10-21-16-30(49-6)33(50-7)34(51-8)31(21)23/h11-13,15-19,26,32H,9-10,14H2,1-8H3,(H,38,44)(H,39,45)(H2,40,41,42,43,46)/t19-,26+,32+/m1/s1. The molecule has 0 saturated carbocycles. The van der Waals surface area contributed by atoms with Gasteiger partial charge in [-0.1, -0.05) is 26.3 Å². The highest BCUT2D eigenvalue weighted by atomic mass is 16.5. The number of anilines is 2. The number of H-pyrrole nitrogens is 1. The van der Waals surface area contributed by atoms with Crippen LogP contribution in [0.15, 0.2) is 47.3 Å². The molecular weight excluding hydrogens is 656 g/mol. The van der Waals surface area contributed by atoms with Gasteiger partial charge in [0.15, 0.2) is 17.3 Å². The van der Waals surface area contributed by atoms with Crippen molar-refractivity contribution < 1.29 is 33.3 Å². The van der Waals surface area contributed by atoms with E-state index in [1.807, 2.05) is 26.0 Å². The summed E-state index contributed by atoms with van der Waals surface area (Å²) in [7, 11) is 7.73. The van der Waals surface area contributed by atoms with Crippen molar-refractivity contribution in [2.75, 3.05) is 46.2 Å². The van der Waals surface area contributed by atoms with Crippen molar-refractivity contribution in [1.29, 1.82) is 0 Å². The number of carbonyl (C=O) groups is 2. The van der Waals surface area contributed by atoms with E-state index < -0.39 is 18.0 Å². The highest BCUT2D eigenvalue weighted by Crippen LogP contribution is 2.50. The Morgan fingerprint density at radius 1 is 0.922 bits per heavy atom. The molecule has 4 N–H and O–H groups in total. The number of rotatable bonds is 13. The fraction of sp³-hybridized carbons (Fsp3) is 0.378. The van der Waals surface area contributed by atoms with Gasteiger partial charge in [-0.15, -0.1) is 5.10 Å². The third kappa shape index (κ3) is 7.54. The van der Waals surface area contributed by atoms with Gasteiger partial charge in [0.05, 0.1) is 52.8 Å². The SMILES string of the molecule is CC[C@@H](C)[C@H](Nc1ccc2c(cc1=O)[C@@H](NC(C)=O)CCc1cc(OC)c(OC)c(OC)c1-2)C(=O)Nc1n[nH]c(-c2ccc(OC)cc2OC)n1. The lowest BCUT2D eigenvalue weighted by Crippen LogP contribution is -2.41. The highest BCUT2D eigenvalue weighted by Gasteiger charge is 2.31. The largest absolute Gasteiger partial charge is 0.497 e.